The molecule has 0 bridgehead atoms. The average Bonchev–Trinajstić information content (AvgIpc) is 3.43. The lowest BCUT2D eigenvalue weighted by molar-refractivity contribution is -0.118. The fourth-order valence-electron chi connectivity index (χ4n) is 5.78. The van der Waals surface area contributed by atoms with Gasteiger partial charge < -0.3 is 9.13 Å². The Bertz CT molecular complexity index is 2150. The fourth-order valence-corrected chi connectivity index (χ4v) is 6.54. The maximum absolute atomic E-state index is 14.1. The molecule has 1 amide bonds. The highest BCUT2D eigenvalue weighted by Gasteiger charge is 2.21. The maximum Gasteiger partial charge on any atom is 0.277 e. The molecule has 2 heterocycles. The van der Waals surface area contributed by atoms with E-state index in [1.54, 1.807) is 35.4 Å². The SMILES string of the molecule is CCCCc1nc2ccn(CC(=O)N(c3ccccc3)c3ccccc3)c(=O)c2n1Cc1ccc(-c2ccccc2S(N)(=O)=O)cc1. The molecule has 47 heavy (non-hydrogen) atoms. The van der Waals surface area contributed by atoms with Crippen molar-refractivity contribution in [2.24, 2.45) is 5.14 Å². The second-order valence-corrected chi connectivity index (χ2v) is 12.9. The molecule has 0 aliphatic carbocycles. The second-order valence-electron chi connectivity index (χ2n) is 11.3. The zero-order chi connectivity index (χ0) is 33.0. The molecule has 0 spiro atoms. The molecule has 0 saturated heterocycles. The van der Waals surface area contributed by atoms with E-state index in [0.29, 0.717) is 46.5 Å². The van der Waals surface area contributed by atoms with Gasteiger partial charge in [-0.05, 0) is 53.9 Å². The van der Waals surface area contributed by atoms with Crippen LogP contribution in [0.4, 0.5) is 11.4 Å². The first kappa shape index (κ1) is 31.7. The first-order valence-corrected chi connectivity index (χ1v) is 17.0. The van der Waals surface area contributed by atoms with Gasteiger partial charge >= 0.3 is 0 Å². The summed E-state index contributed by atoms with van der Waals surface area (Å²) < 4.78 is 27.7. The highest BCUT2D eigenvalue weighted by atomic mass is 32.2. The number of carbonyl (C=O) groups is 1. The molecule has 238 valence electrons. The Labute approximate surface area is 273 Å². The second kappa shape index (κ2) is 13.6. The van der Waals surface area contributed by atoms with Crippen molar-refractivity contribution in [1.29, 1.82) is 0 Å². The number of unbranched alkanes of at least 4 members (excludes halogenated alkanes) is 1. The van der Waals surface area contributed by atoms with Crippen molar-refractivity contribution in [2.75, 3.05) is 4.90 Å². The Hall–Kier alpha value is -5.32. The number of fused-ring (bicyclic) bond motifs is 1. The number of aryl methyl sites for hydroxylation is 1. The van der Waals surface area contributed by atoms with Gasteiger partial charge in [-0.25, -0.2) is 18.5 Å². The molecule has 0 aliphatic rings. The maximum atomic E-state index is 14.1. The monoisotopic (exact) mass is 645 g/mol. The third-order valence-electron chi connectivity index (χ3n) is 8.09. The number of hydrogen-bond donors (Lipinski definition) is 1. The van der Waals surface area contributed by atoms with Crippen molar-refractivity contribution in [1.82, 2.24) is 14.1 Å². The number of amides is 1. The Balaban J connectivity index is 1.36. The van der Waals surface area contributed by atoms with E-state index in [0.717, 1.165) is 24.2 Å². The number of anilines is 2. The van der Waals surface area contributed by atoms with Crippen LogP contribution in [0.1, 0.15) is 31.2 Å². The van der Waals surface area contributed by atoms with Crippen LogP contribution in [0.25, 0.3) is 22.2 Å². The largest absolute Gasteiger partial charge is 0.319 e. The molecule has 0 unspecified atom stereocenters. The van der Waals surface area contributed by atoms with E-state index in [2.05, 4.69) is 6.92 Å². The first-order chi connectivity index (χ1) is 22.7. The topological polar surface area (TPSA) is 120 Å². The summed E-state index contributed by atoms with van der Waals surface area (Å²) in [5, 5.41) is 5.46. The number of primary sulfonamides is 1. The Kier molecular flexibility index (Phi) is 9.15. The van der Waals surface area contributed by atoms with Gasteiger partial charge in [0.1, 0.15) is 17.9 Å². The van der Waals surface area contributed by atoms with Crippen molar-refractivity contribution in [2.45, 2.75) is 44.2 Å². The summed E-state index contributed by atoms with van der Waals surface area (Å²) in [5.41, 5.74) is 4.26. The highest BCUT2D eigenvalue weighted by Crippen LogP contribution is 2.28. The van der Waals surface area contributed by atoms with Crippen LogP contribution in [0.2, 0.25) is 0 Å². The van der Waals surface area contributed by atoms with Gasteiger partial charge in [-0.15, -0.1) is 0 Å². The molecule has 0 aliphatic heterocycles. The number of sulfonamides is 1. The molecule has 0 fully saturated rings. The van der Waals surface area contributed by atoms with E-state index < -0.39 is 10.0 Å². The molecule has 0 saturated carbocycles. The Morgan fingerprint density at radius 1 is 0.830 bits per heavy atom. The molecular weight excluding hydrogens is 611 g/mol. The van der Waals surface area contributed by atoms with Crippen LogP contribution < -0.4 is 15.6 Å². The number of benzene rings is 4. The average molecular weight is 646 g/mol. The fraction of sp³-hybridized carbons (Fsp3) is 0.162. The minimum absolute atomic E-state index is 0.0587. The van der Waals surface area contributed by atoms with Gasteiger partial charge in [0.25, 0.3) is 11.5 Å². The summed E-state index contributed by atoms with van der Waals surface area (Å²) in [5.74, 6) is 0.540. The van der Waals surface area contributed by atoms with Crippen molar-refractivity contribution in [3.05, 3.63) is 143 Å². The zero-order valence-electron chi connectivity index (χ0n) is 26.0. The lowest BCUT2D eigenvalue weighted by Gasteiger charge is -2.23. The van der Waals surface area contributed by atoms with Gasteiger partial charge in [0.05, 0.1) is 10.4 Å². The highest BCUT2D eigenvalue weighted by molar-refractivity contribution is 7.89. The smallest absolute Gasteiger partial charge is 0.277 e. The summed E-state index contributed by atoms with van der Waals surface area (Å²) in [4.78, 5) is 34.5. The van der Waals surface area contributed by atoms with Gasteiger partial charge in [0, 0.05) is 36.1 Å². The molecule has 10 heteroatoms. The van der Waals surface area contributed by atoms with Gasteiger partial charge in [-0.2, -0.15) is 0 Å². The minimum Gasteiger partial charge on any atom is -0.319 e. The molecule has 9 nitrogen and oxygen atoms in total. The zero-order valence-corrected chi connectivity index (χ0v) is 26.8. The molecule has 2 N–H and O–H groups in total. The van der Waals surface area contributed by atoms with Crippen LogP contribution in [0.3, 0.4) is 0 Å². The van der Waals surface area contributed by atoms with Crippen LogP contribution in [-0.4, -0.2) is 28.4 Å². The van der Waals surface area contributed by atoms with Crippen molar-refractivity contribution in [3.8, 4) is 11.1 Å². The van der Waals surface area contributed by atoms with Crippen LogP contribution in [-0.2, 0) is 34.3 Å². The standard InChI is InChI=1S/C37H35N5O4S/c1-2-3-18-34-39-32-23-24-40(26-35(43)42(29-12-6-4-7-13-29)30-14-8-5-9-15-30)37(44)36(32)41(34)25-27-19-21-28(22-20-27)31-16-10-11-17-33(31)47(38,45)46/h4-17,19-24H,2-3,18,25-26H2,1H3,(H2,38,45,46). The number of hydrogen-bond acceptors (Lipinski definition) is 5. The summed E-state index contributed by atoms with van der Waals surface area (Å²) in [6.07, 6.45) is 4.20. The van der Waals surface area contributed by atoms with Crippen LogP contribution in [0, 0.1) is 0 Å². The third kappa shape index (κ3) is 6.79. The first-order valence-electron chi connectivity index (χ1n) is 15.5. The number of aromatic nitrogens is 3. The third-order valence-corrected chi connectivity index (χ3v) is 9.06. The van der Waals surface area contributed by atoms with Gasteiger partial charge in [-0.3, -0.25) is 14.5 Å². The number of nitrogens with two attached hydrogens (primary N) is 1. The van der Waals surface area contributed by atoms with E-state index in [1.165, 1.54) is 10.6 Å². The Morgan fingerprint density at radius 2 is 1.45 bits per heavy atom. The molecule has 0 atom stereocenters. The van der Waals surface area contributed by atoms with Gasteiger partial charge in [-0.1, -0.05) is 92.2 Å². The minimum atomic E-state index is -3.90. The lowest BCUT2D eigenvalue weighted by Crippen LogP contribution is -2.33. The van der Waals surface area contributed by atoms with E-state index in [4.69, 9.17) is 10.1 Å². The lowest BCUT2D eigenvalue weighted by atomic mass is 10.0. The number of imidazole rings is 1. The number of rotatable bonds is 11. The quantitative estimate of drug-likeness (QED) is 0.178. The summed E-state index contributed by atoms with van der Waals surface area (Å²) in [6, 6.07) is 34.7. The summed E-state index contributed by atoms with van der Waals surface area (Å²) in [7, 11) is -3.90. The predicted molar refractivity (Wildman–Crippen MR) is 185 cm³/mol. The van der Waals surface area contributed by atoms with E-state index in [9.17, 15) is 18.0 Å². The van der Waals surface area contributed by atoms with Crippen LogP contribution in [0.15, 0.2) is 131 Å². The molecule has 6 rings (SSSR count). The van der Waals surface area contributed by atoms with E-state index in [-0.39, 0.29) is 22.9 Å². The number of carbonyl (C=O) groups excluding carboxylic acids is 1. The summed E-state index contributed by atoms with van der Waals surface area (Å²) >= 11 is 0. The summed E-state index contributed by atoms with van der Waals surface area (Å²) in [6.45, 7) is 2.32. The van der Waals surface area contributed by atoms with Crippen LogP contribution in [0.5, 0.6) is 0 Å². The predicted octanol–water partition coefficient (Wildman–Crippen LogP) is 6.27. The molecule has 6 aromatic rings. The molecule has 0 radical (unpaired) electrons. The van der Waals surface area contributed by atoms with Crippen molar-refractivity contribution in [3.63, 3.8) is 0 Å². The normalized spacial score (nSPS) is 11.5. The Morgan fingerprint density at radius 3 is 2.06 bits per heavy atom. The van der Waals surface area contributed by atoms with E-state index >= 15 is 0 Å². The number of para-hydroxylation sites is 2. The van der Waals surface area contributed by atoms with Gasteiger partial charge in [0.15, 0.2) is 0 Å². The molecule has 2 aromatic heterocycles. The van der Waals surface area contributed by atoms with Crippen molar-refractivity contribution >= 4 is 38.3 Å². The van der Waals surface area contributed by atoms with Crippen LogP contribution >= 0.6 is 0 Å². The van der Waals surface area contributed by atoms with E-state index in [1.807, 2.05) is 89.5 Å². The van der Waals surface area contributed by atoms with Gasteiger partial charge in [0.2, 0.25) is 10.0 Å². The molecule has 4 aromatic carbocycles. The number of nitrogens with zero attached hydrogens (tertiary/aromatic N) is 4. The number of pyridine rings is 1. The molecular formula is C37H35N5O4S. The van der Waals surface area contributed by atoms with Crippen molar-refractivity contribution < 1.29 is 13.2 Å².